The number of benzene rings is 2. The number of fused-ring (bicyclic) bond motifs is 1. The van der Waals surface area contributed by atoms with Crippen molar-refractivity contribution in [2.45, 2.75) is 70.6 Å². The molecule has 2 aromatic carbocycles. The Hall–Kier alpha value is -4.40. The maximum Gasteiger partial charge on any atom is 0.410 e. The van der Waals surface area contributed by atoms with Crippen LogP contribution >= 0.6 is 0 Å². The molecule has 4 aliphatic heterocycles. The molecule has 0 radical (unpaired) electrons. The van der Waals surface area contributed by atoms with Gasteiger partial charge in [0.25, 0.3) is 11.8 Å². The van der Waals surface area contributed by atoms with Crippen LogP contribution < -0.4 is 10.8 Å². The van der Waals surface area contributed by atoms with Crippen LogP contribution in [-0.4, -0.2) is 144 Å². The topological polar surface area (TPSA) is 147 Å². The van der Waals surface area contributed by atoms with Crippen molar-refractivity contribution in [3.05, 3.63) is 58.7 Å². The van der Waals surface area contributed by atoms with Gasteiger partial charge in [-0.15, -0.1) is 0 Å². The van der Waals surface area contributed by atoms with Gasteiger partial charge in [0.05, 0.1) is 13.7 Å². The molecule has 0 aliphatic carbocycles. The van der Waals surface area contributed by atoms with Crippen LogP contribution in [0.5, 0.6) is 5.75 Å². The molecule has 0 saturated carbocycles. The number of phenolic OH excluding ortho intramolecular Hbond substituents is 1. The van der Waals surface area contributed by atoms with E-state index in [4.69, 9.17) is 9.57 Å². The summed E-state index contributed by atoms with van der Waals surface area (Å²) in [5, 5.41) is 13.4. The molecule has 4 heterocycles. The number of nitrogens with zero attached hydrogens (tertiary/aromatic N) is 5. The van der Waals surface area contributed by atoms with E-state index in [1.165, 1.54) is 7.11 Å². The van der Waals surface area contributed by atoms with Crippen LogP contribution in [0.4, 0.5) is 15.3 Å². The second kappa shape index (κ2) is 17.0. The number of carbonyl (C=O) groups is 4. The Morgan fingerprint density at radius 3 is 2.21 bits per heavy atom. The molecule has 0 aromatic heterocycles. The highest BCUT2D eigenvalue weighted by Crippen LogP contribution is 2.27. The Labute approximate surface area is 305 Å². The molecule has 2 aromatic rings. The summed E-state index contributed by atoms with van der Waals surface area (Å²) in [7, 11) is 1.43. The average Bonchev–Trinajstić information content (AvgIpc) is 3.31. The number of rotatable bonds is 9. The summed E-state index contributed by atoms with van der Waals surface area (Å²) in [6.45, 7) is 9.56. The van der Waals surface area contributed by atoms with E-state index in [1.54, 1.807) is 9.80 Å². The Morgan fingerprint density at radius 2 is 1.54 bits per heavy atom. The molecule has 3 N–H and O–H groups in total. The summed E-state index contributed by atoms with van der Waals surface area (Å²) in [5.41, 5.74) is 6.56. The van der Waals surface area contributed by atoms with Gasteiger partial charge < -0.3 is 29.9 Å². The zero-order valence-electron chi connectivity index (χ0n) is 30.6. The zero-order chi connectivity index (χ0) is 36.8. The second-order valence-electron chi connectivity index (χ2n) is 14.5. The summed E-state index contributed by atoms with van der Waals surface area (Å²) in [5.74, 6) is -0.154. The van der Waals surface area contributed by atoms with Crippen molar-refractivity contribution in [1.82, 2.24) is 30.0 Å². The summed E-state index contributed by atoms with van der Waals surface area (Å²) < 4.78 is 6.07. The van der Waals surface area contributed by atoms with Crippen molar-refractivity contribution < 1.29 is 33.9 Å². The first-order valence-corrected chi connectivity index (χ1v) is 18.6. The maximum absolute atomic E-state index is 14.1. The lowest BCUT2D eigenvalue weighted by molar-refractivity contribution is -0.143. The SMILES string of the molecule is CONC(=O)CN1CCC(N2CCN(C(=O)C(Cc3cc(C)c(O)c(C)c3)OC(=O)N3CCC(N4CCc5ccccc5NC4=O)CC3)CC2)CC1. The van der Waals surface area contributed by atoms with Gasteiger partial charge in [-0.3, -0.25) is 24.2 Å². The molecule has 14 heteroatoms. The fraction of sp³-hybridized carbons (Fsp3) is 0.579. The van der Waals surface area contributed by atoms with E-state index in [9.17, 15) is 24.3 Å². The smallest absolute Gasteiger partial charge is 0.410 e. The molecule has 52 heavy (non-hydrogen) atoms. The van der Waals surface area contributed by atoms with E-state index in [0.29, 0.717) is 69.3 Å². The average molecular weight is 720 g/mol. The minimum atomic E-state index is -1.02. The Bertz CT molecular complexity index is 1570. The first kappa shape index (κ1) is 37.4. The third-order valence-electron chi connectivity index (χ3n) is 11.1. The number of amides is 5. The van der Waals surface area contributed by atoms with Gasteiger partial charge in [-0.25, -0.2) is 15.1 Å². The molecule has 3 fully saturated rings. The number of piperazine rings is 1. The number of hydroxylamine groups is 1. The minimum absolute atomic E-state index is 0.00238. The predicted molar refractivity (Wildman–Crippen MR) is 195 cm³/mol. The molecular weight excluding hydrogens is 666 g/mol. The van der Waals surface area contributed by atoms with Crippen molar-refractivity contribution >= 4 is 29.6 Å². The number of para-hydroxylation sites is 1. The van der Waals surface area contributed by atoms with E-state index in [0.717, 1.165) is 62.3 Å². The third-order valence-corrected chi connectivity index (χ3v) is 11.1. The van der Waals surface area contributed by atoms with Crippen molar-refractivity contribution in [2.24, 2.45) is 0 Å². The quantitative estimate of drug-likeness (QED) is 0.333. The molecule has 1 unspecified atom stereocenters. The van der Waals surface area contributed by atoms with E-state index >= 15 is 0 Å². The molecule has 0 spiro atoms. The lowest BCUT2D eigenvalue weighted by atomic mass is 10.00. The van der Waals surface area contributed by atoms with Crippen LogP contribution in [0.25, 0.3) is 0 Å². The Morgan fingerprint density at radius 1 is 0.885 bits per heavy atom. The lowest BCUT2D eigenvalue weighted by Crippen LogP contribution is -2.57. The van der Waals surface area contributed by atoms with Crippen molar-refractivity contribution in [3.63, 3.8) is 0 Å². The van der Waals surface area contributed by atoms with E-state index < -0.39 is 12.2 Å². The predicted octanol–water partition coefficient (Wildman–Crippen LogP) is 2.90. The molecule has 1 atom stereocenters. The summed E-state index contributed by atoms with van der Waals surface area (Å²) in [6.07, 6.45) is 2.55. The highest BCUT2D eigenvalue weighted by molar-refractivity contribution is 5.91. The number of likely N-dealkylation sites (tertiary alicyclic amines) is 2. The normalized spacial score (nSPS) is 20.1. The monoisotopic (exact) mass is 719 g/mol. The van der Waals surface area contributed by atoms with Crippen LogP contribution in [0.1, 0.15) is 47.9 Å². The molecule has 6 rings (SSSR count). The van der Waals surface area contributed by atoms with Gasteiger partial charge in [0.2, 0.25) is 0 Å². The highest BCUT2D eigenvalue weighted by Gasteiger charge is 2.36. The highest BCUT2D eigenvalue weighted by atomic mass is 16.6. The van der Waals surface area contributed by atoms with E-state index in [2.05, 4.69) is 20.6 Å². The molecule has 5 amide bonds. The first-order valence-electron chi connectivity index (χ1n) is 18.6. The van der Waals surface area contributed by atoms with Crippen LogP contribution in [-0.2, 0) is 32.0 Å². The Balaban J connectivity index is 1.05. The first-order chi connectivity index (χ1) is 25.1. The van der Waals surface area contributed by atoms with Gasteiger partial charge in [-0.05, 0) is 74.3 Å². The number of urea groups is 1. The second-order valence-corrected chi connectivity index (χ2v) is 14.5. The van der Waals surface area contributed by atoms with E-state index in [1.807, 2.05) is 55.1 Å². The number of piperidine rings is 2. The number of nitrogens with one attached hydrogen (secondary N) is 2. The summed E-state index contributed by atoms with van der Waals surface area (Å²) in [6, 6.07) is 11.8. The van der Waals surface area contributed by atoms with Gasteiger partial charge in [-0.1, -0.05) is 30.3 Å². The molecule has 3 saturated heterocycles. The number of ether oxygens (including phenoxy) is 1. The fourth-order valence-corrected chi connectivity index (χ4v) is 8.15. The number of phenols is 1. The standard InChI is InChI=1S/C38H53N7O7/c1-26-22-28(23-27(2)35(26)47)24-33(36(48)43-20-18-42(19-21-43)30-9-13-41(14-10-30)25-34(46)40-51-3)52-38(50)44-15-11-31(12-16-44)45-17-8-29-6-4-5-7-32(29)39-37(45)49/h4-7,22-23,30-31,33,47H,8-21,24-25H2,1-3H3,(H,39,49)(H,40,46). The summed E-state index contributed by atoms with van der Waals surface area (Å²) >= 11 is 0. The van der Waals surface area contributed by atoms with Crippen molar-refractivity contribution in [1.29, 1.82) is 0 Å². The van der Waals surface area contributed by atoms with E-state index in [-0.39, 0.29) is 36.1 Å². The number of carbonyl (C=O) groups excluding carboxylic acids is 4. The number of hydrogen-bond acceptors (Lipinski definition) is 9. The largest absolute Gasteiger partial charge is 0.507 e. The molecule has 0 bridgehead atoms. The number of aryl methyl sites for hydroxylation is 2. The van der Waals surface area contributed by atoms with Crippen molar-refractivity contribution in [2.75, 3.05) is 77.9 Å². The van der Waals surface area contributed by atoms with Gasteiger partial charge >= 0.3 is 12.1 Å². The molecular formula is C38H53N7O7. The van der Waals surface area contributed by atoms with Gasteiger partial charge in [0.1, 0.15) is 5.75 Å². The van der Waals surface area contributed by atoms with Crippen LogP contribution in [0, 0.1) is 13.8 Å². The Kier molecular flexibility index (Phi) is 12.2. The summed E-state index contributed by atoms with van der Waals surface area (Å²) in [4.78, 5) is 67.4. The third kappa shape index (κ3) is 8.96. The zero-order valence-corrected chi connectivity index (χ0v) is 30.6. The lowest BCUT2D eigenvalue weighted by Gasteiger charge is -2.43. The molecule has 4 aliphatic rings. The van der Waals surface area contributed by atoms with Crippen molar-refractivity contribution in [3.8, 4) is 5.75 Å². The number of anilines is 1. The molecule has 282 valence electrons. The van der Waals surface area contributed by atoms with Crippen LogP contribution in [0.3, 0.4) is 0 Å². The van der Waals surface area contributed by atoms with Crippen LogP contribution in [0.2, 0.25) is 0 Å². The van der Waals surface area contributed by atoms with Crippen LogP contribution in [0.15, 0.2) is 36.4 Å². The molecule has 14 nitrogen and oxygen atoms in total. The fourth-order valence-electron chi connectivity index (χ4n) is 8.15. The van der Waals surface area contributed by atoms with Gasteiger partial charge in [0, 0.05) is 83.1 Å². The maximum atomic E-state index is 14.1. The number of aromatic hydroxyl groups is 1. The van der Waals surface area contributed by atoms with Gasteiger partial charge in [0.15, 0.2) is 6.10 Å². The van der Waals surface area contributed by atoms with Gasteiger partial charge in [-0.2, -0.15) is 0 Å². The minimum Gasteiger partial charge on any atom is -0.507 e. The number of hydrogen-bond donors (Lipinski definition) is 3.